The normalized spacial score (nSPS) is 49.2. The van der Waals surface area contributed by atoms with Crippen LogP contribution in [0.4, 0.5) is 0 Å². The summed E-state index contributed by atoms with van der Waals surface area (Å²) in [5.74, 6) is 2.72. The van der Waals surface area contributed by atoms with Gasteiger partial charge in [0.2, 0.25) is 0 Å². The van der Waals surface area contributed by atoms with Gasteiger partial charge in [-0.3, -0.25) is 4.79 Å². The molecular weight excluding hydrogens is 368 g/mol. The minimum atomic E-state index is -0.756. The number of carboxylic acid groups (broad SMARTS) is 1. The summed E-state index contributed by atoms with van der Waals surface area (Å²) in [7, 11) is 0. The van der Waals surface area contributed by atoms with E-state index in [1.807, 2.05) is 0 Å². The molecule has 0 aromatic rings. The average molecular weight is 407 g/mol. The van der Waals surface area contributed by atoms with E-state index < -0.39 is 18.2 Å². The van der Waals surface area contributed by atoms with Crippen molar-refractivity contribution in [1.29, 1.82) is 0 Å². The Kier molecular flexibility index (Phi) is 5.57. The van der Waals surface area contributed by atoms with Gasteiger partial charge in [0.15, 0.2) is 0 Å². The molecule has 4 aliphatic rings. The molecule has 0 aliphatic heterocycles. The number of aliphatic carboxylic acids is 1. The van der Waals surface area contributed by atoms with Crippen LogP contribution in [0.1, 0.15) is 78.6 Å². The first kappa shape index (κ1) is 21.6. The van der Waals surface area contributed by atoms with Gasteiger partial charge in [-0.15, -0.1) is 0 Å². The number of rotatable bonds is 4. The fourth-order valence-electron chi connectivity index (χ4n) is 7.98. The van der Waals surface area contributed by atoms with Crippen molar-refractivity contribution in [3.8, 4) is 0 Å². The second kappa shape index (κ2) is 7.49. The molecule has 0 saturated heterocycles. The van der Waals surface area contributed by atoms with E-state index in [1.54, 1.807) is 0 Å². The predicted octanol–water partition coefficient (Wildman–Crippen LogP) is 3.37. The molecule has 164 valence electrons. The fourth-order valence-corrected chi connectivity index (χ4v) is 7.98. The van der Waals surface area contributed by atoms with Crippen LogP contribution in [0.25, 0.3) is 0 Å². The maximum atomic E-state index is 11.4. The van der Waals surface area contributed by atoms with E-state index in [2.05, 4.69) is 20.8 Å². The van der Waals surface area contributed by atoms with Gasteiger partial charge in [-0.25, -0.2) is 0 Å². The van der Waals surface area contributed by atoms with Gasteiger partial charge >= 0.3 is 5.97 Å². The molecule has 0 aromatic heterocycles. The standard InChI is InChI=1S/C24H38O5/c1-13(4-7-21(28)29)16-5-6-17-22-18(12-20(27)24(16,17)3)23(2)9-8-15(25)10-14(23)11-19(22)26/h13,15-20,25-27H,4-12H2,1-3H3,(H,28,29). The molecule has 0 heterocycles. The van der Waals surface area contributed by atoms with Crippen LogP contribution in [0, 0.1) is 46.3 Å². The lowest BCUT2D eigenvalue weighted by atomic mass is 9.43. The molecule has 4 aliphatic carbocycles. The van der Waals surface area contributed by atoms with Gasteiger partial charge in [-0.1, -0.05) is 20.8 Å². The van der Waals surface area contributed by atoms with Gasteiger partial charge in [-0.05, 0) is 86.4 Å². The molecule has 9 atom stereocenters. The summed E-state index contributed by atoms with van der Waals surface area (Å²) >= 11 is 0. The van der Waals surface area contributed by atoms with Crippen molar-refractivity contribution in [2.45, 2.75) is 96.9 Å². The van der Waals surface area contributed by atoms with Crippen molar-refractivity contribution in [1.82, 2.24) is 0 Å². The Hall–Kier alpha value is -0.650. The van der Waals surface area contributed by atoms with Crippen molar-refractivity contribution in [3.05, 3.63) is 11.8 Å². The highest BCUT2D eigenvalue weighted by Crippen LogP contribution is 2.69. The summed E-state index contributed by atoms with van der Waals surface area (Å²) in [6.45, 7) is 6.62. The van der Waals surface area contributed by atoms with Crippen LogP contribution in [-0.4, -0.2) is 44.7 Å². The zero-order chi connectivity index (χ0) is 21.1. The minimum absolute atomic E-state index is 0.0247. The number of hydrogen-bond acceptors (Lipinski definition) is 4. The summed E-state index contributed by atoms with van der Waals surface area (Å²) in [6, 6.07) is 0. The summed E-state index contributed by atoms with van der Waals surface area (Å²) in [5, 5.41) is 41.9. The third-order valence-electron chi connectivity index (χ3n) is 9.68. The lowest BCUT2D eigenvalue weighted by Gasteiger charge is -2.63. The Morgan fingerprint density at radius 3 is 2.52 bits per heavy atom. The zero-order valence-electron chi connectivity index (χ0n) is 18.1. The SMILES string of the molecule is CC(CCC(=O)O)C1CCC2[C]3C(O)C[C]4CC(O)CCC4(C)C3CC(O)C21C. The Morgan fingerprint density at radius 1 is 1.10 bits per heavy atom. The van der Waals surface area contributed by atoms with Crippen molar-refractivity contribution in [2.75, 3.05) is 0 Å². The quantitative estimate of drug-likeness (QED) is 0.574. The molecule has 0 amide bonds. The largest absolute Gasteiger partial charge is 0.481 e. The average Bonchev–Trinajstić information content (AvgIpc) is 3.01. The second-order valence-corrected chi connectivity index (χ2v) is 11.0. The van der Waals surface area contributed by atoms with E-state index in [9.17, 15) is 20.1 Å². The Morgan fingerprint density at radius 2 is 1.83 bits per heavy atom. The lowest BCUT2D eigenvalue weighted by Crippen LogP contribution is -2.61. The maximum absolute atomic E-state index is 11.4. The molecule has 0 aromatic carbocycles. The molecule has 9 unspecified atom stereocenters. The van der Waals surface area contributed by atoms with Crippen LogP contribution < -0.4 is 0 Å². The van der Waals surface area contributed by atoms with E-state index in [0.717, 1.165) is 25.7 Å². The molecule has 5 heteroatoms. The van der Waals surface area contributed by atoms with Crippen LogP contribution in [0.2, 0.25) is 0 Å². The Bertz CT molecular complexity index is 637. The maximum Gasteiger partial charge on any atom is 0.303 e. The monoisotopic (exact) mass is 406 g/mol. The van der Waals surface area contributed by atoms with Crippen molar-refractivity contribution in [2.24, 2.45) is 34.5 Å². The topological polar surface area (TPSA) is 98.0 Å². The molecule has 0 bridgehead atoms. The summed E-state index contributed by atoms with van der Waals surface area (Å²) in [6.07, 6.45) is 5.33. The molecule has 4 saturated carbocycles. The van der Waals surface area contributed by atoms with E-state index in [1.165, 1.54) is 11.8 Å². The fraction of sp³-hybridized carbons (Fsp3) is 0.875. The molecule has 4 N–H and O–H groups in total. The van der Waals surface area contributed by atoms with E-state index >= 15 is 0 Å². The smallest absolute Gasteiger partial charge is 0.303 e. The first-order valence-corrected chi connectivity index (χ1v) is 11.6. The summed E-state index contributed by atoms with van der Waals surface area (Å²) < 4.78 is 0. The summed E-state index contributed by atoms with van der Waals surface area (Å²) in [4.78, 5) is 11.1. The molecule has 2 radical (unpaired) electrons. The van der Waals surface area contributed by atoms with Gasteiger partial charge in [0.05, 0.1) is 18.3 Å². The van der Waals surface area contributed by atoms with Gasteiger partial charge < -0.3 is 20.4 Å². The van der Waals surface area contributed by atoms with Crippen LogP contribution >= 0.6 is 0 Å². The minimum Gasteiger partial charge on any atom is -0.481 e. The third-order valence-corrected chi connectivity index (χ3v) is 9.68. The predicted molar refractivity (Wildman–Crippen MR) is 110 cm³/mol. The second-order valence-electron chi connectivity index (χ2n) is 11.0. The Balaban J connectivity index is 1.61. The van der Waals surface area contributed by atoms with Gasteiger partial charge in [0.25, 0.3) is 0 Å². The van der Waals surface area contributed by atoms with Crippen LogP contribution in [-0.2, 0) is 4.79 Å². The molecule has 29 heavy (non-hydrogen) atoms. The van der Waals surface area contributed by atoms with Crippen LogP contribution in [0.5, 0.6) is 0 Å². The number of carbonyl (C=O) groups is 1. The van der Waals surface area contributed by atoms with E-state index in [4.69, 9.17) is 5.11 Å². The lowest BCUT2D eigenvalue weighted by molar-refractivity contribution is -0.138. The van der Waals surface area contributed by atoms with E-state index in [0.29, 0.717) is 25.7 Å². The van der Waals surface area contributed by atoms with Gasteiger partial charge in [0, 0.05) is 17.8 Å². The van der Waals surface area contributed by atoms with Gasteiger partial charge in [0.1, 0.15) is 0 Å². The number of aliphatic hydroxyl groups excluding tert-OH is 3. The van der Waals surface area contributed by atoms with Crippen LogP contribution in [0.15, 0.2) is 0 Å². The highest BCUT2D eigenvalue weighted by Gasteiger charge is 2.66. The number of carboxylic acids is 1. The highest BCUT2D eigenvalue weighted by molar-refractivity contribution is 5.66. The van der Waals surface area contributed by atoms with Crippen molar-refractivity contribution in [3.63, 3.8) is 0 Å². The number of hydrogen-bond donors (Lipinski definition) is 4. The van der Waals surface area contributed by atoms with Crippen molar-refractivity contribution < 1.29 is 25.2 Å². The zero-order valence-corrected chi connectivity index (χ0v) is 18.1. The van der Waals surface area contributed by atoms with Gasteiger partial charge in [-0.2, -0.15) is 0 Å². The van der Waals surface area contributed by atoms with E-state index in [-0.39, 0.29) is 47.0 Å². The van der Waals surface area contributed by atoms with Crippen molar-refractivity contribution >= 4 is 5.97 Å². The molecule has 4 fully saturated rings. The highest BCUT2D eigenvalue weighted by atomic mass is 16.4. The van der Waals surface area contributed by atoms with Crippen LogP contribution in [0.3, 0.4) is 0 Å². The first-order chi connectivity index (χ1) is 13.6. The summed E-state index contributed by atoms with van der Waals surface area (Å²) in [5.41, 5.74) is -0.310. The molecule has 5 nitrogen and oxygen atoms in total. The molecular formula is C24H38O5. The molecule has 0 spiro atoms. The molecule has 4 rings (SSSR count). The Labute approximate surface area is 174 Å². The third kappa shape index (κ3) is 3.27. The first-order valence-electron chi connectivity index (χ1n) is 11.6. The number of aliphatic hydroxyl groups is 3. The number of fused-ring (bicyclic) bond motifs is 5.